The molecule has 1 aliphatic carbocycles. The van der Waals surface area contributed by atoms with Gasteiger partial charge in [-0.1, -0.05) is 18.2 Å². The maximum Gasteiger partial charge on any atom is 0.348 e. The summed E-state index contributed by atoms with van der Waals surface area (Å²) in [7, 11) is 0. The summed E-state index contributed by atoms with van der Waals surface area (Å²) in [6.07, 6.45) is 2.40. The summed E-state index contributed by atoms with van der Waals surface area (Å²) in [5.41, 5.74) is 1.23. The van der Waals surface area contributed by atoms with Crippen molar-refractivity contribution in [1.29, 1.82) is 0 Å². The lowest BCUT2D eigenvalue weighted by Gasteiger charge is -2.02. The normalized spacial score (nSPS) is 15.1. The number of thiophene rings is 1. The number of hydrogen-bond donors (Lipinski definition) is 0. The molecule has 0 saturated heterocycles. The molecule has 1 fully saturated rings. The third-order valence-corrected chi connectivity index (χ3v) is 4.25. The van der Waals surface area contributed by atoms with Crippen LogP contribution >= 0.6 is 11.3 Å². The zero-order valence-electron chi connectivity index (χ0n) is 9.73. The van der Waals surface area contributed by atoms with Crippen LogP contribution in [0.2, 0.25) is 0 Å². The van der Waals surface area contributed by atoms with Crippen LogP contribution in [-0.4, -0.2) is 12.6 Å². The average Bonchev–Trinajstić information content (AvgIpc) is 3.09. The summed E-state index contributed by atoms with van der Waals surface area (Å²) in [5, 5.41) is 1.24. The van der Waals surface area contributed by atoms with Gasteiger partial charge >= 0.3 is 5.97 Å². The average molecular weight is 246 g/mol. The zero-order valence-corrected chi connectivity index (χ0v) is 10.5. The van der Waals surface area contributed by atoms with E-state index in [-0.39, 0.29) is 5.97 Å². The Morgan fingerprint density at radius 1 is 1.41 bits per heavy atom. The highest BCUT2D eigenvalue weighted by Gasteiger charge is 2.32. The van der Waals surface area contributed by atoms with E-state index in [1.807, 2.05) is 19.1 Å². The fraction of sp³-hybridized carbons (Fsp3) is 0.357. The maximum atomic E-state index is 12.0. The first kappa shape index (κ1) is 10.8. The molecule has 3 rings (SSSR count). The quantitative estimate of drug-likeness (QED) is 0.766. The summed E-state index contributed by atoms with van der Waals surface area (Å²) >= 11 is 1.57. The SMILES string of the molecule is CCOC(=O)c1sc2ccccc2c1C1CC1. The van der Waals surface area contributed by atoms with Crippen molar-refractivity contribution in [1.82, 2.24) is 0 Å². The first-order chi connectivity index (χ1) is 8.31. The third kappa shape index (κ3) is 1.84. The molecule has 1 aromatic heterocycles. The van der Waals surface area contributed by atoms with Gasteiger partial charge in [-0.05, 0) is 42.7 Å². The van der Waals surface area contributed by atoms with Crippen LogP contribution in [0.3, 0.4) is 0 Å². The van der Waals surface area contributed by atoms with Crippen molar-refractivity contribution < 1.29 is 9.53 Å². The smallest absolute Gasteiger partial charge is 0.348 e. The number of benzene rings is 1. The third-order valence-electron chi connectivity index (χ3n) is 3.08. The summed E-state index contributed by atoms with van der Waals surface area (Å²) < 4.78 is 6.34. The Balaban J connectivity index is 2.15. The second-order valence-electron chi connectivity index (χ2n) is 4.34. The number of rotatable bonds is 3. The first-order valence-corrected chi connectivity index (χ1v) is 6.81. The van der Waals surface area contributed by atoms with E-state index in [9.17, 15) is 4.79 Å². The lowest BCUT2D eigenvalue weighted by Crippen LogP contribution is -2.04. The predicted molar refractivity (Wildman–Crippen MR) is 69.8 cm³/mol. The number of fused-ring (bicyclic) bond motifs is 1. The molecule has 0 radical (unpaired) electrons. The molecule has 1 saturated carbocycles. The Morgan fingerprint density at radius 3 is 2.88 bits per heavy atom. The lowest BCUT2D eigenvalue weighted by molar-refractivity contribution is 0.0531. The molecular weight excluding hydrogens is 232 g/mol. The van der Waals surface area contributed by atoms with Gasteiger partial charge < -0.3 is 4.74 Å². The van der Waals surface area contributed by atoms with Crippen molar-refractivity contribution >= 4 is 27.4 Å². The molecule has 0 bridgehead atoms. The van der Waals surface area contributed by atoms with Gasteiger partial charge in [0, 0.05) is 4.70 Å². The Labute approximate surface area is 104 Å². The molecule has 1 aliphatic rings. The number of hydrogen-bond acceptors (Lipinski definition) is 3. The van der Waals surface area contributed by atoms with Crippen molar-refractivity contribution in [3.63, 3.8) is 0 Å². The Morgan fingerprint density at radius 2 is 2.18 bits per heavy atom. The number of carbonyl (C=O) groups excluding carboxylic acids is 1. The van der Waals surface area contributed by atoms with E-state index >= 15 is 0 Å². The molecule has 1 heterocycles. The Bertz CT molecular complexity index is 567. The van der Waals surface area contributed by atoms with Gasteiger partial charge in [0.1, 0.15) is 4.88 Å². The Kier molecular flexibility index (Phi) is 2.63. The van der Waals surface area contributed by atoms with Crippen molar-refractivity contribution in [3.8, 4) is 0 Å². The monoisotopic (exact) mass is 246 g/mol. The van der Waals surface area contributed by atoms with Crippen LogP contribution in [0.4, 0.5) is 0 Å². The van der Waals surface area contributed by atoms with Crippen LogP contribution in [-0.2, 0) is 4.74 Å². The van der Waals surface area contributed by atoms with Gasteiger partial charge in [0.05, 0.1) is 6.61 Å². The van der Waals surface area contributed by atoms with Gasteiger partial charge in [0.15, 0.2) is 0 Å². The summed E-state index contributed by atoms with van der Waals surface area (Å²) in [6.45, 7) is 2.29. The molecule has 0 aliphatic heterocycles. The van der Waals surface area contributed by atoms with Crippen molar-refractivity contribution in [2.75, 3.05) is 6.61 Å². The van der Waals surface area contributed by atoms with Gasteiger partial charge in [-0.2, -0.15) is 0 Å². The number of esters is 1. The fourth-order valence-electron chi connectivity index (χ4n) is 2.19. The minimum atomic E-state index is -0.157. The van der Waals surface area contributed by atoms with Crippen LogP contribution in [0.25, 0.3) is 10.1 Å². The highest BCUT2D eigenvalue weighted by atomic mass is 32.1. The number of ether oxygens (including phenoxy) is 1. The van der Waals surface area contributed by atoms with Crippen LogP contribution in [0.1, 0.15) is 40.9 Å². The first-order valence-electron chi connectivity index (χ1n) is 5.99. The van der Waals surface area contributed by atoms with E-state index in [1.54, 1.807) is 11.3 Å². The topological polar surface area (TPSA) is 26.3 Å². The molecular formula is C14H14O2S. The van der Waals surface area contributed by atoms with Crippen LogP contribution in [0.5, 0.6) is 0 Å². The zero-order chi connectivity index (χ0) is 11.8. The standard InChI is InChI=1S/C14H14O2S/c1-2-16-14(15)13-12(9-7-8-9)10-5-3-4-6-11(10)17-13/h3-6,9H,2,7-8H2,1H3. The highest BCUT2D eigenvalue weighted by Crippen LogP contribution is 2.48. The molecule has 2 nitrogen and oxygen atoms in total. The van der Waals surface area contributed by atoms with Crippen molar-refractivity contribution in [2.24, 2.45) is 0 Å². The summed E-state index contributed by atoms with van der Waals surface area (Å²) in [4.78, 5) is 12.8. The van der Waals surface area contributed by atoms with E-state index < -0.39 is 0 Å². The molecule has 0 N–H and O–H groups in total. The molecule has 3 heteroatoms. The molecule has 17 heavy (non-hydrogen) atoms. The molecule has 88 valence electrons. The highest BCUT2D eigenvalue weighted by molar-refractivity contribution is 7.21. The molecule has 0 spiro atoms. The molecule has 1 aromatic carbocycles. The molecule has 0 atom stereocenters. The second kappa shape index (κ2) is 4.15. The minimum Gasteiger partial charge on any atom is -0.462 e. The van der Waals surface area contributed by atoms with E-state index in [0.717, 1.165) is 4.88 Å². The van der Waals surface area contributed by atoms with Crippen LogP contribution in [0, 0.1) is 0 Å². The number of carbonyl (C=O) groups is 1. The molecule has 0 unspecified atom stereocenters. The van der Waals surface area contributed by atoms with Crippen LogP contribution < -0.4 is 0 Å². The molecule has 0 amide bonds. The predicted octanol–water partition coefficient (Wildman–Crippen LogP) is 3.96. The lowest BCUT2D eigenvalue weighted by atomic mass is 10.1. The maximum absolute atomic E-state index is 12.0. The van der Waals surface area contributed by atoms with Gasteiger partial charge in [-0.25, -0.2) is 4.79 Å². The van der Waals surface area contributed by atoms with Gasteiger partial charge in [0.25, 0.3) is 0 Å². The second-order valence-corrected chi connectivity index (χ2v) is 5.39. The van der Waals surface area contributed by atoms with E-state index in [2.05, 4.69) is 12.1 Å². The van der Waals surface area contributed by atoms with Gasteiger partial charge in [0.2, 0.25) is 0 Å². The van der Waals surface area contributed by atoms with Crippen molar-refractivity contribution in [2.45, 2.75) is 25.7 Å². The molecule has 2 aromatic rings. The van der Waals surface area contributed by atoms with E-state index in [4.69, 9.17) is 4.74 Å². The van der Waals surface area contributed by atoms with Crippen LogP contribution in [0.15, 0.2) is 24.3 Å². The van der Waals surface area contributed by atoms with E-state index in [0.29, 0.717) is 12.5 Å². The summed E-state index contributed by atoms with van der Waals surface area (Å²) in [6, 6.07) is 8.25. The minimum absolute atomic E-state index is 0.157. The van der Waals surface area contributed by atoms with Gasteiger partial charge in [-0.3, -0.25) is 0 Å². The van der Waals surface area contributed by atoms with Gasteiger partial charge in [-0.15, -0.1) is 11.3 Å². The van der Waals surface area contributed by atoms with Crippen molar-refractivity contribution in [3.05, 3.63) is 34.7 Å². The fourth-order valence-corrected chi connectivity index (χ4v) is 3.37. The Hall–Kier alpha value is -1.35. The van der Waals surface area contributed by atoms with E-state index in [1.165, 1.54) is 28.5 Å². The largest absolute Gasteiger partial charge is 0.462 e. The summed E-state index contributed by atoms with van der Waals surface area (Å²) in [5.74, 6) is 0.418.